The van der Waals surface area contributed by atoms with Gasteiger partial charge in [0.25, 0.3) is 5.91 Å². The zero-order valence-electron chi connectivity index (χ0n) is 12.3. The summed E-state index contributed by atoms with van der Waals surface area (Å²) in [5.74, 6) is -0.0128. The highest BCUT2D eigenvalue weighted by atomic mass is 16.1. The summed E-state index contributed by atoms with van der Waals surface area (Å²) in [6, 6.07) is 16.1. The molecule has 1 N–H and O–H groups in total. The fourth-order valence-electron chi connectivity index (χ4n) is 2.25. The lowest BCUT2D eigenvalue weighted by molar-refractivity contribution is 0.0935. The Bertz CT molecular complexity index is 587. The van der Waals surface area contributed by atoms with E-state index in [1.165, 1.54) is 5.56 Å². The normalized spacial score (nSPS) is 11.9. The minimum atomic E-state index is -0.0128. The second-order valence-corrected chi connectivity index (χ2v) is 5.21. The van der Waals surface area contributed by atoms with E-state index in [0.717, 1.165) is 23.1 Å². The molecule has 0 aliphatic rings. The largest absolute Gasteiger partial charge is 0.345 e. The van der Waals surface area contributed by atoms with Crippen LogP contribution in [0.2, 0.25) is 0 Å². The van der Waals surface area contributed by atoms with Crippen LogP contribution in [0.15, 0.2) is 48.5 Å². The van der Waals surface area contributed by atoms with Gasteiger partial charge in [-0.25, -0.2) is 0 Å². The van der Waals surface area contributed by atoms with Crippen molar-refractivity contribution in [1.29, 1.82) is 0 Å². The van der Waals surface area contributed by atoms with Crippen LogP contribution in [0.5, 0.6) is 0 Å². The molecule has 0 fully saturated rings. The lowest BCUT2D eigenvalue weighted by atomic mass is 10.0. The van der Waals surface area contributed by atoms with E-state index in [-0.39, 0.29) is 11.9 Å². The topological polar surface area (TPSA) is 29.1 Å². The average Bonchev–Trinajstić information content (AvgIpc) is 2.45. The molecule has 2 aromatic carbocycles. The van der Waals surface area contributed by atoms with E-state index < -0.39 is 0 Å². The Labute approximate surface area is 120 Å². The van der Waals surface area contributed by atoms with Crippen LogP contribution in [-0.4, -0.2) is 5.91 Å². The van der Waals surface area contributed by atoms with Crippen molar-refractivity contribution in [3.63, 3.8) is 0 Å². The molecule has 104 valence electrons. The van der Waals surface area contributed by atoms with Gasteiger partial charge in [-0.1, -0.05) is 54.4 Å². The van der Waals surface area contributed by atoms with Crippen molar-refractivity contribution in [3.8, 4) is 0 Å². The van der Waals surface area contributed by atoms with Gasteiger partial charge in [0.2, 0.25) is 0 Å². The number of hydrogen-bond acceptors (Lipinski definition) is 1. The van der Waals surface area contributed by atoms with Gasteiger partial charge in [0, 0.05) is 5.56 Å². The average molecular weight is 267 g/mol. The van der Waals surface area contributed by atoms with E-state index in [9.17, 15) is 4.79 Å². The van der Waals surface area contributed by atoms with Crippen LogP contribution in [0.3, 0.4) is 0 Å². The monoisotopic (exact) mass is 267 g/mol. The number of benzene rings is 2. The lowest BCUT2D eigenvalue weighted by Crippen LogP contribution is -2.28. The molecule has 2 heteroatoms. The molecule has 0 aromatic heterocycles. The van der Waals surface area contributed by atoms with E-state index in [1.54, 1.807) is 0 Å². The molecule has 0 saturated heterocycles. The molecule has 0 aliphatic carbocycles. The Hall–Kier alpha value is -2.09. The molecule has 0 aliphatic heterocycles. The predicted octanol–water partition coefficient (Wildman–Crippen LogP) is 4.18. The van der Waals surface area contributed by atoms with Gasteiger partial charge in [-0.15, -0.1) is 0 Å². The maximum absolute atomic E-state index is 12.3. The Kier molecular flexibility index (Phi) is 4.57. The molecule has 0 unspecified atom stereocenters. The quantitative estimate of drug-likeness (QED) is 0.884. The van der Waals surface area contributed by atoms with Crippen molar-refractivity contribution in [2.45, 2.75) is 33.2 Å². The maximum Gasteiger partial charge on any atom is 0.251 e. The van der Waals surface area contributed by atoms with Crippen molar-refractivity contribution < 1.29 is 4.79 Å². The minimum Gasteiger partial charge on any atom is -0.345 e. The molecule has 0 saturated carbocycles. The van der Waals surface area contributed by atoms with E-state index in [1.807, 2.05) is 31.2 Å². The maximum atomic E-state index is 12.3. The van der Waals surface area contributed by atoms with Crippen molar-refractivity contribution >= 4 is 5.91 Å². The third-order valence-corrected chi connectivity index (χ3v) is 3.47. The Morgan fingerprint density at radius 3 is 2.35 bits per heavy atom. The molecular weight excluding hydrogens is 246 g/mol. The second kappa shape index (κ2) is 6.38. The molecule has 1 amide bonds. The molecule has 0 heterocycles. The number of rotatable bonds is 4. The standard InChI is InChI=1S/C18H21NO/c1-4-17(15-10-8-13(2)9-11-15)19-18(20)16-7-5-6-14(3)12-16/h5-12,17H,4H2,1-3H3,(H,19,20)/t17-/m1/s1. The highest BCUT2D eigenvalue weighted by molar-refractivity contribution is 5.94. The summed E-state index contributed by atoms with van der Waals surface area (Å²) >= 11 is 0. The smallest absolute Gasteiger partial charge is 0.251 e. The Morgan fingerprint density at radius 1 is 1.05 bits per heavy atom. The number of aryl methyl sites for hydroxylation is 2. The van der Waals surface area contributed by atoms with Gasteiger partial charge < -0.3 is 5.32 Å². The van der Waals surface area contributed by atoms with Gasteiger partial charge in [-0.3, -0.25) is 4.79 Å². The lowest BCUT2D eigenvalue weighted by Gasteiger charge is -2.18. The van der Waals surface area contributed by atoms with Gasteiger partial charge in [0.15, 0.2) is 0 Å². The van der Waals surface area contributed by atoms with Gasteiger partial charge in [0.05, 0.1) is 6.04 Å². The van der Waals surface area contributed by atoms with Crippen LogP contribution in [-0.2, 0) is 0 Å². The predicted molar refractivity (Wildman–Crippen MR) is 82.9 cm³/mol. The minimum absolute atomic E-state index is 0.0128. The zero-order chi connectivity index (χ0) is 14.5. The molecular formula is C18H21NO. The molecule has 0 bridgehead atoms. The van der Waals surface area contributed by atoms with Crippen molar-refractivity contribution in [2.75, 3.05) is 0 Å². The third kappa shape index (κ3) is 3.47. The number of carbonyl (C=O) groups excluding carboxylic acids is 1. The summed E-state index contributed by atoms with van der Waals surface area (Å²) in [4.78, 5) is 12.3. The van der Waals surface area contributed by atoms with Gasteiger partial charge >= 0.3 is 0 Å². The molecule has 2 nitrogen and oxygen atoms in total. The van der Waals surface area contributed by atoms with Gasteiger partial charge in [-0.2, -0.15) is 0 Å². The summed E-state index contributed by atoms with van der Waals surface area (Å²) < 4.78 is 0. The van der Waals surface area contributed by atoms with Crippen molar-refractivity contribution in [1.82, 2.24) is 5.32 Å². The van der Waals surface area contributed by atoms with Crippen LogP contribution in [0.25, 0.3) is 0 Å². The molecule has 0 spiro atoms. The van der Waals surface area contributed by atoms with Crippen molar-refractivity contribution in [2.24, 2.45) is 0 Å². The SMILES string of the molecule is CC[C@@H](NC(=O)c1cccc(C)c1)c1ccc(C)cc1. The highest BCUT2D eigenvalue weighted by Crippen LogP contribution is 2.18. The Balaban J connectivity index is 2.14. The zero-order valence-corrected chi connectivity index (χ0v) is 12.3. The second-order valence-electron chi connectivity index (χ2n) is 5.21. The molecule has 2 rings (SSSR count). The highest BCUT2D eigenvalue weighted by Gasteiger charge is 2.13. The number of amides is 1. The summed E-state index contributed by atoms with van der Waals surface area (Å²) in [5.41, 5.74) is 4.20. The molecule has 0 radical (unpaired) electrons. The number of nitrogens with one attached hydrogen (secondary N) is 1. The van der Waals surface area contributed by atoms with E-state index in [4.69, 9.17) is 0 Å². The fraction of sp³-hybridized carbons (Fsp3) is 0.278. The summed E-state index contributed by atoms with van der Waals surface area (Å²) in [7, 11) is 0. The molecule has 1 atom stereocenters. The van der Waals surface area contributed by atoms with Gasteiger partial charge in [0.1, 0.15) is 0 Å². The molecule has 20 heavy (non-hydrogen) atoms. The summed E-state index contributed by atoms with van der Waals surface area (Å²) in [6.45, 7) is 6.14. The summed E-state index contributed by atoms with van der Waals surface area (Å²) in [5, 5.41) is 3.11. The first-order valence-electron chi connectivity index (χ1n) is 7.04. The first kappa shape index (κ1) is 14.3. The van der Waals surface area contributed by atoms with Crippen LogP contribution < -0.4 is 5.32 Å². The fourth-order valence-corrected chi connectivity index (χ4v) is 2.25. The van der Waals surface area contributed by atoms with Crippen LogP contribution in [0, 0.1) is 13.8 Å². The number of carbonyl (C=O) groups is 1. The first-order chi connectivity index (χ1) is 9.60. The van der Waals surface area contributed by atoms with Crippen LogP contribution in [0.1, 0.15) is 46.4 Å². The Morgan fingerprint density at radius 2 is 1.75 bits per heavy atom. The van der Waals surface area contributed by atoms with Crippen LogP contribution in [0.4, 0.5) is 0 Å². The van der Waals surface area contributed by atoms with Crippen molar-refractivity contribution in [3.05, 3.63) is 70.8 Å². The molecule has 2 aromatic rings. The number of hydrogen-bond donors (Lipinski definition) is 1. The van der Waals surface area contributed by atoms with E-state index >= 15 is 0 Å². The first-order valence-corrected chi connectivity index (χ1v) is 7.04. The third-order valence-electron chi connectivity index (χ3n) is 3.47. The summed E-state index contributed by atoms with van der Waals surface area (Å²) in [6.07, 6.45) is 0.876. The van der Waals surface area contributed by atoms with E-state index in [0.29, 0.717) is 0 Å². The van der Waals surface area contributed by atoms with E-state index in [2.05, 4.69) is 43.4 Å². The van der Waals surface area contributed by atoms with Crippen LogP contribution >= 0.6 is 0 Å². The van der Waals surface area contributed by atoms with Gasteiger partial charge in [-0.05, 0) is 38.0 Å².